The van der Waals surface area contributed by atoms with E-state index in [4.69, 9.17) is 0 Å². The van der Waals surface area contributed by atoms with Crippen molar-refractivity contribution in [3.05, 3.63) is 34.1 Å². The van der Waals surface area contributed by atoms with Crippen molar-refractivity contribution in [3.63, 3.8) is 0 Å². The zero-order chi connectivity index (χ0) is 12.4. The molecule has 4 heteroatoms. The molecule has 0 aromatic carbocycles. The van der Waals surface area contributed by atoms with Gasteiger partial charge in [-0.2, -0.15) is 0 Å². The van der Waals surface area contributed by atoms with Crippen molar-refractivity contribution in [1.29, 1.82) is 0 Å². The van der Waals surface area contributed by atoms with Gasteiger partial charge in [0.15, 0.2) is 5.78 Å². The van der Waals surface area contributed by atoms with Crippen LogP contribution in [-0.4, -0.2) is 10.8 Å². The second kappa shape index (κ2) is 5.00. The van der Waals surface area contributed by atoms with Crippen molar-refractivity contribution >= 4 is 27.5 Å². The first-order valence-electron chi connectivity index (χ1n) is 5.67. The second-order valence-corrected chi connectivity index (χ2v) is 5.47. The predicted octanol–water partition coefficient (Wildman–Crippen LogP) is 3.45. The highest BCUT2D eigenvalue weighted by molar-refractivity contribution is 9.10. The summed E-state index contributed by atoms with van der Waals surface area (Å²) in [5.41, 5.74) is 2.05. The minimum Gasteiger partial charge on any atom is -0.343 e. The van der Waals surface area contributed by atoms with Gasteiger partial charge in [-0.05, 0) is 46.8 Å². The normalized spacial score (nSPS) is 20.1. The highest BCUT2D eigenvalue weighted by Gasteiger charge is 2.17. The Kier molecular flexibility index (Phi) is 3.62. The number of pyridine rings is 1. The molecule has 1 heterocycles. The Bertz CT molecular complexity index is 482. The van der Waals surface area contributed by atoms with Crippen LogP contribution >= 0.6 is 15.9 Å². The van der Waals surface area contributed by atoms with E-state index in [9.17, 15) is 4.79 Å². The van der Waals surface area contributed by atoms with Crippen LogP contribution in [0.3, 0.4) is 0 Å². The molecule has 0 fully saturated rings. The van der Waals surface area contributed by atoms with E-state index in [-0.39, 0.29) is 5.78 Å². The fourth-order valence-electron chi connectivity index (χ4n) is 1.97. The van der Waals surface area contributed by atoms with Crippen LogP contribution in [-0.2, 0) is 4.79 Å². The smallest absolute Gasteiger partial charge is 0.157 e. The first-order valence-corrected chi connectivity index (χ1v) is 6.46. The molecule has 1 atom stereocenters. The molecule has 1 aliphatic carbocycles. The van der Waals surface area contributed by atoms with Crippen molar-refractivity contribution in [2.45, 2.75) is 26.7 Å². The molecule has 3 nitrogen and oxygen atoms in total. The fourth-order valence-corrected chi connectivity index (χ4v) is 2.53. The van der Waals surface area contributed by atoms with Gasteiger partial charge in [0.05, 0.1) is 4.47 Å². The summed E-state index contributed by atoms with van der Waals surface area (Å²) >= 11 is 3.47. The van der Waals surface area contributed by atoms with Gasteiger partial charge in [0.25, 0.3) is 0 Å². The lowest BCUT2D eigenvalue weighted by molar-refractivity contribution is -0.115. The summed E-state index contributed by atoms with van der Waals surface area (Å²) in [5, 5.41) is 3.22. The topological polar surface area (TPSA) is 42.0 Å². The third kappa shape index (κ3) is 3.16. The van der Waals surface area contributed by atoms with E-state index in [0.717, 1.165) is 28.0 Å². The molecule has 1 aromatic rings. The Morgan fingerprint density at radius 2 is 2.24 bits per heavy atom. The molecule has 17 heavy (non-hydrogen) atoms. The Morgan fingerprint density at radius 3 is 2.88 bits per heavy atom. The summed E-state index contributed by atoms with van der Waals surface area (Å²) in [4.78, 5) is 15.8. The minimum atomic E-state index is 0.189. The van der Waals surface area contributed by atoms with E-state index in [1.165, 1.54) is 0 Å². The molecule has 2 rings (SSSR count). The fraction of sp³-hybridized carbons (Fsp3) is 0.385. The lowest BCUT2D eigenvalue weighted by Crippen LogP contribution is -2.16. The number of halogens is 1. The van der Waals surface area contributed by atoms with Gasteiger partial charge in [0.2, 0.25) is 0 Å². The van der Waals surface area contributed by atoms with Crippen LogP contribution in [0.5, 0.6) is 0 Å². The average Bonchev–Trinajstić information content (AvgIpc) is 2.21. The summed E-state index contributed by atoms with van der Waals surface area (Å²) in [5.74, 6) is 1.36. The highest BCUT2D eigenvalue weighted by Crippen LogP contribution is 2.26. The Hall–Kier alpha value is -1.16. The number of aryl methyl sites for hydroxylation is 1. The number of carbonyl (C=O) groups is 1. The molecule has 0 bridgehead atoms. The minimum absolute atomic E-state index is 0.189. The van der Waals surface area contributed by atoms with E-state index in [1.807, 2.05) is 19.2 Å². The Labute approximate surface area is 109 Å². The van der Waals surface area contributed by atoms with Gasteiger partial charge in [-0.3, -0.25) is 4.79 Å². The van der Waals surface area contributed by atoms with Crippen molar-refractivity contribution in [1.82, 2.24) is 4.98 Å². The van der Waals surface area contributed by atoms with Crippen LogP contribution in [0.2, 0.25) is 0 Å². The van der Waals surface area contributed by atoms with Crippen molar-refractivity contribution in [3.8, 4) is 0 Å². The maximum atomic E-state index is 11.5. The molecule has 0 aliphatic heterocycles. The van der Waals surface area contributed by atoms with E-state index in [1.54, 1.807) is 6.08 Å². The van der Waals surface area contributed by atoms with E-state index in [2.05, 4.69) is 33.2 Å². The largest absolute Gasteiger partial charge is 0.343 e. The quantitative estimate of drug-likeness (QED) is 0.908. The molecular weight excluding hydrogens is 280 g/mol. The number of aromatic nitrogens is 1. The zero-order valence-corrected chi connectivity index (χ0v) is 11.5. The molecule has 0 amide bonds. The third-order valence-corrected chi connectivity index (χ3v) is 3.31. The Morgan fingerprint density at radius 1 is 1.47 bits per heavy atom. The van der Waals surface area contributed by atoms with E-state index in [0.29, 0.717) is 12.3 Å². The van der Waals surface area contributed by atoms with Crippen molar-refractivity contribution in [2.24, 2.45) is 5.92 Å². The number of hydrogen-bond acceptors (Lipinski definition) is 3. The molecule has 90 valence electrons. The van der Waals surface area contributed by atoms with Crippen LogP contribution < -0.4 is 5.32 Å². The summed E-state index contributed by atoms with van der Waals surface area (Å²) < 4.78 is 0.920. The maximum absolute atomic E-state index is 11.5. The molecular formula is C13H15BrN2O. The predicted molar refractivity (Wildman–Crippen MR) is 71.8 cm³/mol. The molecule has 0 saturated carbocycles. The van der Waals surface area contributed by atoms with Crippen LogP contribution in [0, 0.1) is 12.8 Å². The number of ketones is 1. The van der Waals surface area contributed by atoms with E-state index >= 15 is 0 Å². The lowest BCUT2D eigenvalue weighted by atomic mass is 9.93. The van der Waals surface area contributed by atoms with Gasteiger partial charge in [0, 0.05) is 24.4 Å². The third-order valence-electron chi connectivity index (χ3n) is 2.71. The standard InChI is InChI=1S/C13H15BrN2O/c1-8-3-10(6-11(17)4-8)16-13-12(14)5-9(2)7-15-13/h5-8H,3-4H2,1-2H3,(H,15,16). The number of anilines is 1. The second-order valence-electron chi connectivity index (χ2n) is 4.62. The first kappa shape index (κ1) is 12.3. The zero-order valence-electron chi connectivity index (χ0n) is 9.96. The molecule has 1 aliphatic rings. The number of nitrogens with one attached hydrogen (secondary N) is 1. The van der Waals surface area contributed by atoms with Crippen LogP contribution in [0.15, 0.2) is 28.5 Å². The lowest BCUT2D eigenvalue weighted by Gasteiger charge is -2.19. The molecule has 0 radical (unpaired) electrons. The summed E-state index contributed by atoms with van der Waals surface area (Å²) in [6, 6.07) is 2.00. The van der Waals surface area contributed by atoms with E-state index < -0.39 is 0 Å². The van der Waals surface area contributed by atoms with Crippen LogP contribution in [0.4, 0.5) is 5.82 Å². The first-order chi connectivity index (χ1) is 8.04. The molecule has 1 N–H and O–H groups in total. The number of carbonyl (C=O) groups excluding carboxylic acids is 1. The number of rotatable bonds is 2. The maximum Gasteiger partial charge on any atom is 0.157 e. The summed E-state index contributed by atoms with van der Waals surface area (Å²) in [6.45, 7) is 4.08. The van der Waals surface area contributed by atoms with Crippen LogP contribution in [0.25, 0.3) is 0 Å². The number of nitrogens with zero attached hydrogens (tertiary/aromatic N) is 1. The van der Waals surface area contributed by atoms with Gasteiger partial charge in [-0.25, -0.2) is 4.98 Å². The molecule has 0 spiro atoms. The van der Waals surface area contributed by atoms with Crippen molar-refractivity contribution < 1.29 is 4.79 Å². The SMILES string of the molecule is Cc1cnc(NC2=CC(=O)CC(C)C2)c(Br)c1. The number of allylic oxidation sites excluding steroid dienone is 2. The highest BCUT2D eigenvalue weighted by atomic mass is 79.9. The molecule has 1 unspecified atom stereocenters. The van der Waals surface area contributed by atoms with Gasteiger partial charge >= 0.3 is 0 Å². The Balaban J connectivity index is 2.18. The summed E-state index contributed by atoms with van der Waals surface area (Å²) in [6.07, 6.45) is 5.04. The summed E-state index contributed by atoms with van der Waals surface area (Å²) in [7, 11) is 0. The van der Waals surface area contributed by atoms with Crippen LogP contribution in [0.1, 0.15) is 25.3 Å². The van der Waals surface area contributed by atoms with Crippen molar-refractivity contribution in [2.75, 3.05) is 5.32 Å². The average molecular weight is 295 g/mol. The van der Waals surface area contributed by atoms with Gasteiger partial charge in [0.1, 0.15) is 5.82 Å². The molecule has 1 aromatic heterocycles. The van der Waals surface area contributed by atoms with Gasteiger partial charge in [-0.1, -0.05) is 6.92 Å². The van der Waals surface area contributed by atoms with Gasteiger partial charge in [-0.15, -0.1) is 0 Å². The molecule has 0 saturated heterocycles. The number of hydrogen-bond donors (Lipinski definition) is 1. The van der Waals surface area contributed by atoms with Gasteiger partial charge < -0.3 is 5.32 Å². The monoisotopic (exact) mass is 294 g/mol.